The Bertz CT molecular complexity index is 567. The standard InChI is InChI=1S/C14H15ClN2OS2/c1-9(12-6-3-7-19-12)17-13(18)8-20-14-10(15)4-2-5-11(14)16/h2-7,9H,8,16H2,1H3,(H,17,18). The van der Waals surface area contributed by atoms with Gasteiger partial charge >= 0.3 is 0 Å². The third-order valence-electron chi connectivity index (χ3n) is 2.69. The Morgan fingerprint density at radius 1 is 1.45 bits per heavy atom. The van der Waals surface area contributed by atoms with Crippen molar-refractivity contribution in [1.29, 1.82) is 0 Å². The molecule has 1 amide bonds. The zero-order valence-corrected chi connectivity index (χ0v) is 13.3. The summed E-state index contributed by atoms with van der Waals surface area (Å²) in [5.41, 5.74) is 6.45. The zero-order chi connectivity index (χ0) is 14.5. The number of nitrogens with one attached hydrogen (secondary N) is 1. The van der Waals surface area contributed by atoms with Crippen LogP contribution in [-0.4, -0.2) is 11.7 Å². The highest BCUT2D eigenvalue weighted by molar-refractivity contribution is 8.00. The minimum atomic E-state index is -0.0322. The fourth-order valence-electron chi connectivity index (χ4n) is 1.71. The van der Waals surface area contributed by atoms with Gasteiger partial charge in [-0.3, -0.25) is 4.79 Å². The second-order valence-electron chi connectivity index (χ2n) is 4.25. The van der Waals surface area contributed by atoms with Crippen molar-refractivity contribution in [3.63, 3.8) is 0 Å². The molecule has 0 saturated heterocycles. The maximum absolute atomic E-state index is 11.9. The molecule has 0 aliphatic heterocycles. The average Bonchev–Trinajstić information content (AvgIpc) is 2.92. The molecule has 1 aromatic heterocycles. The Balaban J connectivity index is 1.89. The number of nitrogen functional groups attached to an aromatic ring is 1. The largest absolute Gasteiger partial charge is 0.398 e. The summed E-state index contributed by atoms with van der Waals surface area (Å²) < 4.78 is 0. The number of carbonyl (C=O) groups is 1. The number of benzene rings is 1. The number of thiophene rings is 1. The summed E-state index contributed by atoms with van der Waals surface area (Å²) in [6.07, 6.45) is 0. The number of amides is 1. The van der Waals surface area contributed by atoms with Crippen LogP contribution in [0.1, 0.15) is 17.8 Å². The number of thioether (sulfide) groups is 1. The van der Waals surface area contributed by atoms with Gasteiger partial charge in [-0.25, -0.2) is 0 Å². The van der Waals surface area contributed by atoms with Crippen molar-refractivity contribution in [3.05, 3.63) is 45.6 Å². The highest BCUT2D eigenvalue weighted by Gasteiger charge is 2.12. The molecule has 1 heterocycles. The minimum absolute atomic E-state index is 0.0201. The van der Waals surface area contributed by atoms with Crippen molar-refractivity contribution in [2.45, 2.75) is 17.9 Å². The van der Waals surface area contributed by atoms with Gasteiger partial charge in [0, 0.05) is 15.5 Å². The lowest BCUT2D eigenvalue weighted by Crippen LogP contribution is -2.27. The van der Waals surface area contributed by atoms with E-state index in [2.05, 4.69) is 5.32 Å². The molecule has 1 unspecified atom stereocenters. The first-order chi connectivity index (χ1) is 9.58. The normalized spacial score (nSPS) is 12.1. The topological polar surface area (TPSA) is 55.1 Å². The molecule has 0 radical (unpaired) electrons. The predicted molar refractivity (Wildman–Crippen MR) is 87.5 cm³/mol. The van der Waals surface area contributed by atoms with Gasteiger partial charge in [-0.1, -0.05) is 23.7 Å². The van der Waals surface area contributed by atoms with Gasteiger partial charge in [-0.05, 0) is 30.5 Å². The summed E-state index contributed by atoms with van der Waals surface area (Å²) in [7, 11) is 0. The summed E-state index contributed by atoms with van der Waals surface area (Å²) in [4.78, 5) is 13.8. The van der Waals surface area contributed by atoms with Crippen molar-refractivity contribution in [2.75, 3.05) is 11.5 Å². The van der Waals surface area contributed by atoms with Crippen LogP contribution in [0.2, 0.25) is 5.02 Å². The summed E-state index contributed by atoms with van der Waals surface area (Å²) in [6, 6.07) is 9.34. The lowest BCUT2D eigenvalue weighted by atomic mass is 10.3. The molecule has 3 nitrogen and oxygen atoms in total. The summed E-state index contributed by atoms with van der Waals surface area (Å²) >= 11 is 9.05. The molecule has 0 bridgehead atoms. The molecule has 0 spiro atoms. The molecule has 0 aliphatic carbocycles. The van der Waals surface area contributed by atoms with Gasteiger partial charge < -0.3 is 11.1 Å². The molecule has 6 heteroatoms. The average molecular weight is 327 g/mol. The van der Waals surface area contributed by atoms with E-state index in [0.717, 1.165) is 9.77 Å². The first-order valence-corrected chi connectivity index (χ1v) is 8.32. The lowest BCUT2D eigenvalue weighted by Gasteiger charge is -2.12. The van der Waals surface area contributed by atoms with Gasteiger partial charge in [0.25, 0.3) is 0 Å². The Hall–Kier alpha value is -1.17. The van der Waals surface area contributed by atoms with Crippen LogP contribution < -0.4 is 11.1 Å². The van der Waals surface area contributed by atoms with Crippen LogP contribution in [0.4, 0.5) is 5.69 Å². The van der Waals surface area contributed by atoms with Crippen LogP contribution in [0, 0.1) is 0 Å². The van der Waals surface area contributed by atoms with E-state index < -0.39 is 0 Å². The number of hydrogen-bond donors (Lipinski definition) is 2. The smallest absolute Gasteiger partial charge is 0.230 e. The third-order valence-corrected chi connectivity index (χ3v) is 5.33. The van der Waals surface area contributed by atoms with Crippen LogP contribution in [0.15, 0.2) is 40.6 Å². The lowest BCUT2D eigenvalue weighted by molar-refractivity contribution is -0.119. The van der Waals surface area contributed by atoms with Crippen molar-refractivity contribution < 1.29 is 4.79 Å². The molecule has 2 aromatic rings. The molecule has 20 heavy (non-hydrogen) atoms. The second kappa shape index (κ2) is 7.02. The number of hydrogen-bond acceptors (Lipinski definition) is 4. The first kappa shape index (κ1) is 15.2. The number of rotatable bonds is 5. The predicted octanol–water partition coefficient (Wildman–Crippen LogP) is 3.95. The molecule has 1 aromatic carbocycles. The third kappa shape index (κ3) is 3.91. The van der Waals surface area contributed by atoms with E-state index in [9.17, 15) is 4.79 Å². The van der Waals surface area contributed by atoms with Crippen LogP contribution in [-0.2, 0) is 4.79 Å². The van der Waals surface area contributed by atoms with E-state index in [1.807, 2.05) is 24.4 Å². The number of anilines is 1. The summed E-state index contributed by atoms with van der Waals surface area (Å²) in [6.45, 7) is 1.97. The van der Waals surface area contributed by atoms with Crippen molar-refractivity contribution in [2.24, 2.45) is 0 Å². The van der Waals surface area contributed by atoms with Gasteiger partial charge in [-0.2, -0.15) is 0 Å². The second-order valence-corrected chi connectivity index (χ2v) is 6.62. The number of halogens is 1. The van der Waals surface area contributed by atoms with Gasteiger partial charge in [0.2, 0.25) is 5.91 Å². The van der Waals surface area contributed by atoms with E-state index in [1.54, 1.807) is 29.5 Å². The minimum Gasteiger partial charge on any atom is -0.398 e. The van der Waals surface area contributed by atoms with E-state index in [-0.39, 0.29) is 11.9 Å². The molecule has 0 aliphatic rings. The first-order valence-electron chi connectivity index (χ1n) is 6.07. The molecular weight excluding hydrogens is 312 g/mol. The fourth-order valence-corrected chi connectivity index (χ4v) is 3.59. The van der Waals surface area contributed by atoms with Gasteiger partial charge in [0.05, 0.1) is 16.8 Å². The number of carbonyl (C=O) groups excluding carboxylic acids is 1. The highest BCUT2D eigenvalue weighted by Crippen LogP contribution is 2.32. The zero-order valence-electron chi connectivity index (χ0n) is 10.9. The molecule has 3 N–H and O–H groups in total. The van der Waals surface area contributed by atoms with E-state index >= 15 is 0 Å². The molecular formula is C14H15ClN2OS2. The Morgan fingerprint density at radius 2 is 2.25 bits per heavy atom. The van der Waals surface area contributed by atoms with Crippen molar-refractivity contribution in [1.82, 2.24) is 5.32 Å². The van der Waals surface area contributed by atoms with Crippen LogP contribution in [0.25, 0.3) is 0 Å². The van der Waals surface area contributed by atoms with E-state index in [1.165, 1.54) is 11.8 Å². The molecule has 2 rings (SSSR count). The monoisotopic (exact) mass is 326 g/mol. The Kier molecular flexibility index (Phi) is 5.34. The van der Waals surface area contributed by atoms with Gasteiger partial charge in [0.1, 0.15) is 0 Å². The van der Waals surface area contributed by atoms with Gasteiger partial charge in [0.15, 0.2) is 0 Å². The highest BCUT2D eigenvalue weighted by atomic mass is 35.5. The maximum atomic E-state index is 11.9. The molecule has 0 fully saturated rings. The Labute approximate surface area is 131 Å². The van der Waals surface area contributed by atoms with E-state index in [4.69, 9.17) is 17.3 Å². The van der Waals surface area contributed by atoms with Crippen molar-refractivity contribution in [3.8, 4) is 0 Å². The molecule has 0 saturated carbocycles. The SMILES string of the molecule is CC(NC(=O)CSc1c(N)cccc1Cl)c1cccs1. The molecule has 106 valence electrons. The van der Waals surface area contributed by atoms with Crippen LogP contribution in [0.3, 0.4) is 0 Å². The quantitative estimate of drug-likeness (QED) is 0.646. The fraction of sp³-hybridized carbons (Fsp3) is 0.214. The van der Waals surface area contributed by atoms with Crippen LogP contribution in [0.5, 0.6) is 0 Å². The van der Waals surface area contributed by atoms with Crippen LogP contribution >= 0.6 is 34.7 Å². The van der Waals surface area contributed by atoms with E-state index in [0.29, 0.717) is 16.5 Å². The van der Waals surface area contributed by atoms with Gasteiger partial charge in [-0.15, -0.1) is 23.1 Å². The van der Waals surface area contributed by atoms with Crippen molar-refractivity contribution >= 4 is 46.3 Å². The summed E-state index contributed by atoms with van der Waals surface area (Å²) in [5.74, 6) is 0.263. The maximum Gasteiger partial charge on any atom is 0.230 e. The summed E-state index contributed by atoms with van der Waals surface area (Å²) in [5, 5.41) is 5.53. The Morgan fingerprint density at radius 3 is 2.90 bits per heavy atom. The number of nitrogens with two attached hydrogens (primary N) is 1. The molecule has 1 atom stereocenters.